The number of β-lactam (4-membered cyclic amide) rings is 1. The van der Waals surface area contributed by atoms with Gasteiger partial charge in [0.25, 0.3) is 0 Å². The Bertz CT molecular complexity index is 744. The van der Waals surface area contributed by atoms with Crippen LogP contribution in [0.2, 0.25) is 0 Å². The van der Waals surface area contributed by atoms with Crippen LogP contribution in [0.15, 0.2) is 59.5 Å². The van der Waals surface area contributed by atoms with E-state index in [1.165, 1.54) is 23.9 Å². The van der Waals surface area contributed by atoms with Crippen LogP contribution in [0, 0.1) is 0 Å². The Morgan fingerprint density at radius 3 is 2.12 bits per heavy atom. The molecule has 0 N–H and O–H groups in total. The number of carbonyl (C=O) groups is 1. The fraction of sp³-hybridized carbons (Fsp3) is 0.316. The molecule has 0 aliphatic carbocycles. The van der Waals surface area contributed by atoms with E-state index in [4.69, 9.17) is 0 Å². The number of likely N-dealkylation sites (tertiary alicyclic amines) is 1. The predicted octanol–water partition coefficient (Wildman–Crippen LogP) is 5.16. The molecule has 25 heavy (non-hydrogen) atoms. The highest BCUT2D eigenvalue weighted by molar-refractivity contribution is 8.00. The molecule has 0 unspecified atom stereocenters. The molecule has 0 aromatic heterocycles. The number of nitrogens with zero attached hydrogens (tertiary/aromatic N) is 1. The van der Waals surface area contributed by atoms with Gasteiger partial charge < -0.3 is 4.90 Å². The topological polar surface area (TPSA) is 20.3 Å². The first-order valence-corrected chi connectivity index (χ1v) is 8.88. The van der Waals surface area contributed by atoms with Gasteiger partial charge in [0.15, 0.2) is 0 Å². The van der Waals surface area contributed by atoms with Crippen LogP contribution in [-0.4, -0.2) is 22.1 Å². The quantitative estimate of drug-likeness (QED) is 0.698. The number of carbonyl (C=O) groups excluding carboxylic acids is 1. The molecule has 0 radical (unpaired) electrons. The zero-order valence-corrected chi connectivity index (χ0v) is 14.6. The van der Waals surface area contributed by atoms with Gasteiger partial charge in [0.2, 0.25) is 5.91 Å². The number of halogens is 3. The summed E-state index contributed by atoms with van der Waals surface area (Å²) in [6.07, 6.45) is -4.36. The van der Waals surface area contributed by atoms with Crippen molar-refractivity contribution in [3.05, 3.63) is 65.7 Å². The SMILES string of the molecule is CC(C)N1C(=O)[C@H](Sc2ccccc2)[C@H]1c1ccc(C(F)(F)F)cc1. The van der Waals surface area contributed by atoms with Crippen LogP contribution < -0.4 is 0 Å². The van der Waals surface area contributed by atoms with Crippen molar-refractivity contribution in [3.8, 4) is 0 Å². The van der Waals surface area contributed by atoms with Crippen molar-refractivity contribution in [2.45, 2.75) is 42.3 Å². The van der Waals surface area contributed by atoms with E-state index in [1.807, 2.05) is 44.2 Å². The number of benzene rings is 2. The summed E-state index contributed by atoms with van der Waals surface area (Å²) in [6, 6.07) is 14.5. The van der Waals surface area contributed by atoms with Gasteiger partial charge in [-0.3, -0.25) is 4.79 Å². The number of hydrogen-bond donors (Lipinski definition) is 0. The van der Waals surface area contributed by atoms with E-state index < -0.39 is 11.7 Å². The number of thioether (sulfide) groups is 1. The molecule has 2 aromatic carbocycles. The summed E-state index contributed by atoms with van der Waals surface area (Å²) >= 11 is 1.46. The number of rotatable bonds is 4. The second kappa shape index (κ2) is 6.75. The highest BCUT2D eigenvalue weighted by atomic mass is 32.2. The van der Waals surface area contributed by atoms with Gasteiger partial charge in [0, 0.05) is 10.9 Å². The zero-order valence-electron chi connectivity index (χ0n) is 13.8. The summed E-state index contributed by atoms with van der Waals surface area (Å²) in [6.45, 7) is 3.83. The molecular weight excluding hydrogens is 347 g/mol. The second-order valence-electron chi connectivity index (χ2n) is 6.26. The van der Waals surface area contributed by atoms with Gasteiger partial charge in [-0.1, -0.05) is 30.3 Å². The van der Waals surface area contributed by atoms with Crippen molar-refractivity contribution in [1.82, 2.24) is 4.90 Å². The molecule has 1 saturated heterocycles. The minimum atomic E-state index is -4.36. The summed E-state index contributed by atoms with van der Waals surface area (Å²) in [5.41, 5.74) is 0.0555. The third kappa shape index (κ3) is 3.54. The molecule has 1 aliphatic rings. The maximum atomic E-state index is 12.8. The van der Waals surface area contributed by atoms with E-state index >= 15 is 0 Å². The van der Waals surface area contributed by atoms with E-state index in [0.29, 0.717) is 0 Å². The molecule has 132 valence electrons. The largest absolute Gasteiger partial charge is 0.416 e. The lowest BCUT2D eigenvalue weighted by Gasteiger charge is -2.49. The van der Waals surface area contributed by atoms with Gasteiger partial charge in [0.1, 0.15) is 5.25 Å². The van der Waals surface area contributed by atoms with Gasteiger partial charge in [0.05, 0.1) is 11.6 Å². The number of hydrogen-bond acceptors (Lipinski definition) is 2. The molecule has 6 heteroatoms. The van der Waals surface area contributed by atoms with Gasteiger partial charge in [-0.25, -0.2) is 0 Å². The lowest BCUT2D eigenvalue weighted by molar-refractivity contribution is -0.148. The normalized spacial score (nSPS) is 20.7. The predicted molar refractivity (Wildman–Crippen MR) is 92.3 cm³/mol. The first-order chi connectivity index (χ1) is 11.8. The van der Waals surface area contributed by atoms with Gasteiger partial charge >= 0.3 is 6.18 Å². The Morgan fingerprint density at radius 1 is 1.00 bits per heavy atom. The number of amides is 1. The van der Waals surface area contributed by atoms with Crippen LogP contribution >= 0.6 is 11.8 Å². The smallest absolute Gasteiger partial charge is 0.331 e. The monoisotopic (exact) mass is 365 g/mol. The van der Waals surface area contributed by atoms with Gasteiger partial charge in [-0.05, 0) is 43.7 Å². The molecular formula is C19H18F3NOS. The summed E-state index contributed by atoms with van der Waals surface area (Å²) in [5.74, 6) is 0.0220. The van der Waals surface area contributed by atoms with Crippen LogP contribution in [0.4, 0.5) is 13.2 Å². The third-order valence-electron chi connectivity index (χ3n) is 4.23. The lowest BCUT2D eigenvalue weighted by Crippen LogP contribution is -2.59. The zero-order chi connectivity index (χ0) is 18.2. The van der Waals surface area contributed by atoms with E-state index in [9.17, 15) is 18.0 Å². The van der Waals surface area contributed by atoms with Crippen molar-refractivity contribution >= 4 is 17.7 Å². The highest BCUT2D eigenvalue weighted by Gasteiger charge is 2.49. The summed E-state index contributed by atoms with van der Waals surface area (Å²) in [7, 11) is 0. The van der Waals surface area contributed by atoms with Crippen molar-refractivity contribution < 1.29 is 18.0 Å². The maximum absolute atomic E-state index is 12.8. The van der Waals surface area contributed by atoms with E-state index in [-0.39, 0.29) is 23.2 Å². The van der Waals surface area contributed by atoms with Crippen molar-refractivity contribution in [3.63, 3.8) is 0 Å². The van der Waals surface area contributed by atoms with Crippen LogP contribution in [0.3, 0.4) is 0 Å². The molecule has 2 aromatic rings. The molecule has 1 amide bonds. The molecule has 2 nitrogen and oxygen atoms in total. The molecule has 1 aliphatic heterocycles. The Kier molecular flexibility index (Phi) is 4.82. The fourth-order valence-corrected chi connectivity index (χ4v) is 4.27. The number of alkyl halides is 3. The molecule has 3 rings (SSSR count). The van der Waals surface area contributed by atoms with Crippen molar-refractivity contribution in [1.29, 1.82) is 0 Å². The molecule has 1 heterocycles. The first-order valence-electron chi connectivity index (χ1n) is 8.00. The molecule has 0 spiro atoms. The van der Waals surface area contributed by atoms with Crippen LogP contribution in [0.5, 0.6) is 0 Å². The van der Waals surface area contributed by atoms with Crippen LogP contribution in [0.1, 0.15) is 31.0 Å². The van der Waals surface area contributed by atoms with Gasteiger partial charge in [-0.15, -0.1) is 11.8 Å². The third-order valence-corrected chi connectivity index (χ3v) is 5.48. The summed E-state index contributed by atoms with van der Waals surface area (Å²) in [4.78, 5) is 15.3. The summed E-state index contributed by atoms with van der Waals surface area (Å²) < 4.78 is 38.3. The lowest BCUT2D eigenvalue weighted by atomic mass is 9.91. The van der Waals surface area contributed by atoms with Crippen molar-refractivity contribution in [2.75, 3.05) is 0 Å². The standard InChI is InChI=1S/C19H18F3NOS/c1-12(2)23-16(13-8-10-14(11-9-13)19(20,21)22)17(18(23)24)25-15-6-4-3-5-7-15/h3-12,16-17H,1-2H3/t16-,17-/m1/s1. The Balaban J connectivity index is 1.88. The minimum absolute atomic E-state index is 0.00702. The van der Waals surface area contributed by atoms with Gasteiger partial charge in [-0.2, -0.15) is 13.2 Å². The van der Waals surface area contributed by atoms with Crippen molar-refractivity contribution in [2.24, 2.45) is 0 Å². The first kappa shape index (κ1) is 17.9. The fourth-order valence-electron chi connectivity index (χ4n) is 3.02. The average Bonchev–Trinajstić information content (AvgIpc) is 2.57. The van der Waals surface area contributed by atoms with E-state index in [1.54, 1.807) is 4.90 Å². The minimum Gasteiger partial charge on any atom is -0.331 e. The Hall–Kier alpha value is -1.95. The second-order valence-corrected chi connectivity index (χ2v) is 7.47. The van der Waals surface area contributed by atoms with E-state index in [2.05, 4.69) is 0 Å². The maximum Gasteiger partial charge on any atom is 0.416 e. The Labute approximate surface area is 149 Å². The molecule has 2 atom stereocenters. The van der Waals surface area contributed by atoms with Crippen LogP contribution in [0.25, 0.3) is 0 Å². The molecule has 0 bridgehead atoms. The summed E-state index contributed by atoms with van der Waals surface area (Å²) in [5, 5.41) is -0.318. The van der Waals surface area contributed by atoms with E-state index in [0.717, 1.165) is 22.6 Å². The molecule has 1 fully saturated rings. The molecule has 0 saturated carbocycles. The Morgan fingerprint density at radius 2 is 1.60 bits per heavy atom. The highest BCUT2D eigenvalue weighted by Crippen LogP contribution is 2.46. The van der Waals surface area contributed by atoms with Crippen LogP contribution in [-0.2, 0) is 11.0 Å². The average molecular weight is 365 g/mol.